The smallest absolute Gasteiger partial charge is 0.339 e. The summed E-state index contributed by atoms with van der Waals surface area (Å²) in [6.07, 6.45) is 0. The van der Waals surface area contributed by atoms with Gasteiger partial charge in [0.15, 0.2) is 0 Å². The van der Waals surface area contributed by atoms with Crippen molar-refractivity contribution in [3.05, 3.63) is 33.0 Å². The van der Waals surface area contributed by atoms with Crippen LogP contribution in [0.4, 0.5) is 4.39 Å². The molecular weight excluding hydrogens is 262 g/mol. The number of ether oxygens (including phenoxy) is 1. The first-order chi connectivity index (χ1) is 6.06. The third kappa shape index (κ3) is 2.19. The summed E-state index contributed by atoms with van der Waals surface area (Å²) in [6, 6.07) is 2.33. The lowest BCUT2D eigenvalue weighted by atomic mass is 10.2. The minimum absolute atomic E-state index is 0.108. The quantitative estimate of drug-likeness (QED) is 0.577. The summed E-state index contributed by atoms with van der Waals surface area (Å²) in [5, 5.41) is -0.108. The van der Waals surface area contributed by atoms with Crippen LogP contribution in [0.1, 0.15) is 10.4 Å². The second-order valence-electron chi connectivity index (χ2n) is 2.24. The Labute approximate surface area is 87.8 Å². The Bertz CT molecular complexity index is 354. The van der Waals surface area contributed by atoms with E-state index in [1.165, 1.54) is 13.2 Å². The van der Waals surface area contributed by atoms with Gasteiger partial charge in [0.2, 0.25) is 0 Å². The van der Waals surface area contributed by atoms with Crippen molar-refractivity contribution in [3.8, 4) is 0 Å². The topological polar surface area (TPSA) is 26.3 Å². The van der Waals surface area contributed by atoms with E-state index in [1.807, 2.05) is 0 Å². The second kappa shape index (κ2) is 4.07. The van der Waals surface area contributed by atoms with Gasteiger partial charge in [-0.2, -0.15) is 0 Å². The van der Waals surface area contributed by atoms with Crippen LogP contribution < -0.4 is 0 Å². The molecule has 0 amide bonds. The third-order valence-electron chi connectivity index (χ3n) is 1.42. The van der Waals surface area contributed by atoms with Crippen LogP contribution in [0.5, 0.6) is 0 Å². The number of methoxy groups -OCH3 is 1. The van der Waals surface area contributed by atoms with Crippen molar-refractivity contribution < 1.29 is 13.9 Å². The maximum atomic E-state index is 12.8. The average Bonchev–Trinajstić information content (AvgIpc) is 2.10. The monoisotopic (exact) mass is 266 g/mol. The van der Waals surface area contributed by atoms with Gasteiger partial charge in [-0.25, -0.2) is 9.18 Å². The maximum Gasteiger partial charge on any atom is 0.339 e. The van der Waals surface area contributed by atoms with Crippen LogP contribution in [0, 0.1) is 5.82 Å². The van der Waals surface area contributed by atoms with Crippen LogP contribution in [0.15, 0.2) is 16.6 Å². The van der Waals surface area contributed by atoms with E-state index in [0.717, 1.165) is 6.07 Å². The van der Waals surface area contributed by atoms with Gasteiger partial charge in [0.1, 0.15) is 5.82 Å². The normalized spacial score (nSPS) is 9.85. The van der Waals surface area contributed by atoms with Crippen LogP contribution in [0.2, 0.25) is 5.02 Å². The molecule has 0 saturated heterocycles. The molecule has 0 fully saturated rings. The van der Waals surface area contributed by atoms with Crippen molar-refractivity contribution in [2.75, 3.05) is 7.11 Å². The summed E-state index contributed by atoms with van der Waals surface area (Å²) in [5.74, 6) is -1.14. The van der Waals surface area contributed by atoms with Crippen LogP contribution in [-0.2, 0) is 4.74 Å². The molecule has 1 rings (SSSR count). The first kappa shape index (κ1) is 10.5. The molecule has 0 radical (unpaired) electrons. The number of esters is 1. The van der Waals surface area contributed by atoms with E-state index >= 15 is 0 Å². The summed E-state index contributed by atoms with van der Waals surface area (Å²) < 4.78 is 17.6. The molecule has 0 atom stereocenters. The van der Waals surface area contributed by atoms with Crippen molar-refractivity contribution in [1.29, 1.82) is 0 Å². The van der Waals surface area contributed by atoms with Crippen LogP contribution in [-0.4, -0.2) is 13.1 Å². The zero-order valence-electron chi connectivity index (χ0n) is 6.61. The van der Waals surface area contributed by atoms with Crippen molar-refractivity contribution in [3.63, 3.8) is 0 Å². The fourth-order valence-electron chi connectivity index (χ4n) is 0.789. The molecule has 0 N–H and O–H groups in total. The largest absolute Gasteiger partial charge is 0.465 e. The molecule has 1 aromatic carbocycles. The lowest BCUT2D eigenvalue weighted by Crippen LogP contribution is -2.02. The molecule has 0 aliphatic heterocycles. The van der Waals surface area contributed by atoms with Crippen molar-refractivity contribution in [2.24, 2.45) is 0 Å². The number of carbonyl (C=O) groups excluding carboxylic acids is 1. The Morgan fingerprint density at radius 3 is 2.77 bits per heavy atom. The van der Waals surface area contributed by atoms with Crippen LogP contribution >= 0.6 is 27.5 Å². The highest BCUT2D eigenvalue weighted by molar-refractivity contribution is 9.10. The van der Waals surface area contributed by atoms with Gasteiger partial charge in [-0.15, -0.1) is 0 Å². The summed E-state index contributed by atoms with van der Waals surface area (Å²) in [7, 11) is 1.24. The Hall–Kier alpha value is -0.610. The molecule has 0 bridgehead atoms. The van der Waals surface area contributed by atoms with Crippen molar-refractivity contribution >= 4 is 33.5 Å². The van der Waals surface area contributed by atoms with Crippen LogP contribution in [0.3, 0.4) is 0 Å². The van der Waals surface area contributed by atoms with Crippen LogP contribution in [0.25, 0.3) is 0 Å². The SMILES string of the molecule is COC(=O)c1cc(Cl)c(F)cc1Br. The molecule has 0 aliphatic rings. The highest BCUT2D eigenvalue weighted by atomic mass is 79.9. The van der Waals surface area contributed by atoms with E-state index in [9.17, 15) is 9.18 Å². The summed E-state index contributed by atoms with van der Waals surface area (Å²) >= 11 is 8.51. The predicted octanol–water partition coefficient (Wildman–Crippen LogP) is 3.03. The first-order valence-corrected chi connectivity index (χ1v) is 4.46. The van der Waals surface area contributed by atoms with Gasteiger partial charge >= 0.3 is 5.97 Å². The van der Waals surface area contributed by atoms with Crippen molar-refractivity contribution in [1.82, 2.24) is 0 Å². The van der Waals surface area contributed by atoms with Gasteiger partial charge in [0.05, 0.1) is 17.7 Å². The van der Waals surface area contributed by atoms with E-state index in [0.29, 0.717) is 4.47 Å². The first-order valence-electron chi connectivity index (χ1n) is 3.29. The van der Waals surface area contributed by atoms with Crippen molar-refractivity contribution in [2.45, 2.75) is 0 Å². The molecule has 1 aromatic rings. The Kier molecular flexibility index (Phi) is 3.27. The molecule has 2 nitrogen and oxygen atoms in total. The molecule has 13 heavy (non-hydrogen) atoms. The molecule has 70 valence electrons. The van der Waals surface area contributed by atoms with E-state index in [-0.39, 0.29) is 10.6 Å². The molecule has 0 unspecified atom stereocenters. The van der Waals surface area contributed by atoms with Gasteiger partial charge < -0.3 is 4.74 Å². The molecular formula is C8H5BrClFO2. The highest BCUT2D eigenvalue weighted by Crippen LogP contribution is 2.24. The maximum absolute atomic E-state index is 12.8. The number of hydrogen-bond acceptors (Lipinski definition) is 2. The average molecular weight is 267 g/mol. The number of halogens is 3. The lowest BCUT2D eigenvalue weighted by Gasteiger charge is -2.03. The molecule has 0 aromatic heterocycles. The minimum atomic E-state index is -0.582. The van der Waals surface area contributed by atoms with E-state index in [4.69, 9.17) is 11.6 Å². The fourth-order valence-corrected chi connectivity index (χ4v) is 1.43. The Morgan fingerprint density at radius 1 is 1.62 bits per heavy atom. The summed E-state index contributed by atoms with van der Waals surface area (Å²) in [4.78, 5) is 11.1. The fraction of sp³-hybridized carbons (Fsp3) is 0.125. The number of benzene rings is 1. The Balaban J connectivity index is 3.23. The van der Waals surface area contributed by atoms with E-state index in [2.05, 4.69) is 20.7 Å². The summed E-state index contributed by atoms with van der Waals surface area (Å²) in [6.45, 7) is 0. The lowest BCUT2D eigenvalue weighted by molar-refractivity contribution is 0.0599. The van der Waals surface area contributed by atoms with Gasteiger partial charge in [0.25, 0.3) is 0 Å². The van der Waals surface area contributed by atoms with E-state index < -0.39 is 11.8 Å². The standard InChI is InChI=1S/C8H5BrClFO2/c1-13-8(12)4-2-6(10)7(11)3-5(4)9/h2-3H,1H3. The number of rotatable bonds is 1. The van der Waals surface area contributed by atoms with Gasteiger partial charge in [-0.3, -0.25) is 0 Å². The third-order valence-corrected chi connectivity index (χ3v) is 2.36. The van der Waals surface area contributed by atoms with Gasteiger partial charge in [-0.1, -0.05) is 11.6 Å². The highest BCUT2D eigenvalue weighted by Gasteiger charge is 2.13. The van der Waals surface area contributed by atoms with Gasteiger partial charge in [0, 0.05) is 4.47 Å². The van der Waals surface area contributed by atoms with Gasteiger partial charge in [-0.05, 0) is 28.1 Å². The number of carbonyl (C=O) groups is 1. The molecule has 0 aliphatic carbocycles. The van der Waals surface area contributed by atoms with E-state index in [1.54, 1.807) is 0 Å². The second-order valence-corrected chi connectivity index (χ2v) is 3.50. The molecule has 0 spiro atoms. The predicted molar refractivity (Wildman–Crippen MR) is 50.4 cm³/mol. The molecule has 0 saturated carbocycles. The molecule has 0 heterocycles. The summed E-state index contributed by atoms with van der Waals surface area (Å²) in [5.41, 5.74) is 0.203. The zero-order chi connectivity index (χ0) is 10.0. The Morgan fingerprint density at radius 2 is 2.23 bits per heavy atom. The minimum Gasteiger partial charge on any atom is -0.465 e. The zero-order valence-corrected chi connectivity index (χ0v) is 8.95. The number of hydrogen-bond donors (Lipinski definition) is 0. The molecule has 5 heteroatoms.